The number of hydrogen-bond acceptors (Lipinski definition) is 6. The monoisotopic (exact) mass is 346 g/mol. The van der Waals surface area contributed by atoms with Crippen LogP contribution in [-0.2, 0) is 19.1 Å². The molecule has 132 valence electrons. The van der Waals surface area contributed by atoms with Crippen molar-refractivity contribution in [2.24, 2.45) is 0 Å². The lowest BCUT2D eigenvalue weighted by Gasteiger charge is -2.16. The predicted octanol–water partition coefficient (Wildman–Crippen LogP) is 1.91. The van der Waals surface area contributed by atoms with Crippen molar-refractivity contribution < 1.29 is 24.0 Å². The van der Waals surface area contributed by atoms with Crippen LogP contribution in [0.1, 0.15) is 12.5 Å². The molecule has 1 aliphatic rings. The van der Waals surface area contributed by atoms with Gasteiger partial charge in [-0.3, -0.25) is 14.9 Å². The molecule has 0 saturated heterocycles. The topological polar surface area (TPSA) is 99.0 Å². The van der Waals surface area contributed by atoms with E-state index >= 15 is 0 Å². The molecule has 1 aromatic rings. The number of allylic oxidation sites excluding steroid dienone is 1. The number of methoxy groups -OCH3 is 2. The number of ether oxygens (including phenoxy) is 2. The first-order valence-electron chi connectivity index (χ1n) is 7.47. The second-order valence-electron chi connectivity index (χ2n) is 5.31. The van der Waals surface area contributed by atoms with Crippen LogP contribution in [0.4, 0.5) is 5.69 Å². The van der Waals surface area contributed by atoms with E-state index in [2.05, 4.69) is 0 Å². The maximum absolute atomic E-state index is 12.7. The Morgan fingerprint density at radius 1 is 1.28 bits per heavy atom. The van der Waals surface area contributed by atoms with Crippen molar-refractivity contribution in [2.75, 3.05) is 27.4 Å². The lowest BCUT2D eigenvalue weighted by molar-refractivity contribution is -0.384. The van der Waals surface area contributed by atoms with Crippen molar-refractivity contribution in [3.8, 4) is 0 Å². The first kappa shape index (κ1) is 18.3. The predicted molar refractivity (Wildman–Crippen MR) is 89.4 cm³/mol. The molecule has 2 rings (SSSR count). The number of esters is 1. The normalized spacial score (nSPS) is 15.9. The molecule has 1 amide bonds. The van der Waals surface area contributed by atoms with Crippen molar-refractivity contribution in [3.05, 3.63) is 56.8 Å². The van der Waals surface area contributed by atoms with Gasteiger partial charge in [0, 0.05) is 31.5 Å². The number of carbonyl (C=O) groups excluding carboxylic acids is 2. The molecule has 0 aromatic heterocycles. The van der Waals surface area contributed by atoms with Crippen LogP contribution in [-0.4, -0.2) is 49.1 Å². The Hall–Kier alpha value is -3.00. The second kappa shape index (κ2) is 7.71. The van der Waals surface area contributed by atoms with Crippen LogP contribution in [0.15, 0.2) is 41.1 Å². The fraction of sp³-hybridized carbons (Fsp3) is 0.294. The molecule has 8 heteroatoms. The van der Waals surface area contributed by atoms with Gasteiger partial charge in [-0.2, -0.15) is 0 Å². The van der Waals surface area contributed by atoms with Gasteiger partial charge in [0.2, 0.25) is 0 Å². The van der Waals surface area contributed by atoms with Crippen molar-refractivity contribution in [3.63, 3.8) is 0 Å². The van der Waals surface area contributed by atoms with Gasteiger partial charge in [0.05, 0.1) is 29.8 Å². The molecule has 0 spiro atoms. The van der Waals surface area contributed by atoms with Gasteiger partial charge < -0.3 is 14.4 Å². The molecule has 8 nitrogen and oxygen atoms in total. The molecule has 0 radical (unpaired) electrons. The molecule has 25 heavy (non-hydrogen) atoms. The third-order valence-corrected chi connectivity index (χ3v) is 3.84. The van der Waals surface area contributed by atoms with Gasteiger partial charge in [-0.25, -0.2) is 4.79 Å². The molecule has 0 fully saturated rings. The summed E-state index contributed by atoms with van der Waals surface area (Å²) in [7, 11) is 2.77. The zero-order chi connectivity index (χ0) is 18.6. The van der Waals surface area contributed by atoms with Gasteiger partial charge >= 0.3 is 5.97 Å². The van der Waals surface area contributed by atoms with Crippen LogP contribution < -0.4 is 0 Å². The van der Waals surface area contributed by atoms with E-state index in [-0.39, 0.29) is 22.7 Å². The van der Waals surface area contributed by atoms with Crippen LogP contribution in [0.5, 0.6) is 0 Å². The SMILES string of the molecule is COCCN1C(=O)/C(=C\c2ccc([N+](=O)[O-])cc2)C(C(=O)OC)=C1C. The average Bonchev–Trinajstić information content (AvgIpc) is 2.83. The summed E-state index contributed by atoms with van der Waals surface area (Å²) in [6.07, 6.45) is 1.52. The lowest BCUT2D eigenvalue weighted by atomic mass is 10.0. The number of non-ortho nitro benzene ring substituents is 1. The first-order chi connectivity index (χ1) is 11.9. The van der Waals surface area contributed by atoms with Crippen molar-refractivity contribution in [1.29, 1.82) is 0 Å². The average molecular weight is 346 g/mol. The molecule has 1 heterocycles. The summed E-state index contributed by atoms with van der Waals surface area (Å²) in [4.78, 5) is 36.5. The number of rotatable bonds is 6. The van der Waals surface area contributed by atoms with Crippen LogP contribution >= 0.6 is 0 Å². The second-order valence-corrected chi connectivity index (χ2v) is 5.31. The van der Waals surface area contributed by atoms with E-state index < -0.39 is 10.9 Å². The Morgan fingerprint density at radius 2 is 1.92 bits per heavy atom. The Kier molecular flexibility index (Phi) is 5.66. The van der Waals surface area contributed by atoms with Crippen molar-refractivity contribution >= 4 is 23.6 Å². The highest BCUT2D eigenvalue weighted by Gasteiger charge is 2.36. The molecule has 1 aliphatic heterocycles. The molecule has 1 aromatic carbocycles. The fourth-order valence-electron chi connectivity index (χ4n) is 2.54. The molecular weight excluding hydrogens is 328 g/mol. The van der Waals surface area contributed by atoms with Crippen LogP contribution in [0.3, 0.4) is 0 Å². The number of nitro groups is 1. The third-order valence-electron chi connectivity index (χ3n) is 3.84. The number of hydrogen-bond donors (Lipinski definition) is 0. The largest absolute Gasteiger partial charge is 0.465 e. The quantitative estimate of drug-likeness (QED) is 0.338. The van der Waals surface area contributed by atoms with E-state index in [1.807, 2.05) is 0 Å². The van der Waals surface area contributed by atoms with Crippen molar-refractivity contribution in [1.82, 2.24) is 4.90 Å². The maximum Gasteiger partial charge on any atom is 0.340 e. The van der Waals surface area contributed by atoms with E-state index in [0.717, 1.165) is 0 Å². The van der Waals surface area contributed by atoms with E-state index in [0.29, 0.717) is 24.4 Å². The maximum atomic E-state index is 12.7. The molecule has 0 aliphatic carbocycles. The minimum Gasteiger partial charge on any atom is -0.465 e. The van der Waals surface area contributed by atoms with Crippen molar-refractivity contribution in [2.45, 2.75) is 6.92 Å². The Morgan fingerprint density at radius 3 is 2.44 bits per heavy atom. The van der Waals surface area contributed by atoms with Crippen LogP contribution in [0.25, 0.3) is 6.08 Å². The Labute approximate surface area is 144 Å². The molecule has 0 N–H and O–H groups in total. The van der Waals surface area contributed by atoms with Gasteiger partial charge in [-0.15, -0.1) is 0 Å². The standard InChI is InChI=1S/C17H18N2O6/c1-11-15(17(21)25-3)14(16(20)18(11)8-9-24-2)10-12-4-6-13(7-5-12)19(22)23/h4-7,10H,8-9H2,1-3H3/b14-10-. The minimum atomic E-state index is -0.612. The Balaban J connectivity index is 2.44. The molecule has 0 atom stereocenters. The lowest BCUT2D eigenvalue weighted by Crippen LogP contribution is -2.28. The zero-order valence-corrected chi connectivity index (χ0v) is 14.1. The van der Waals surface area contributed by atoms with Gasteiger partial charge in [0.1, 0.15) is 0 Å². The summed E-state index contributed by atoms with van der Waals surface area (Å²) in [6, 6.07) is 5.70. The summed E-state index contributed by atoms with van der Waals surface area (Å²) in [5, 5.41) is 10.7. The van der Waals surface area contributed by atoms with E-state index in [9.17, 15) is 19.7 Å². The molecule has 0 bridgehead atoms. The Bertz CT molecular complexity index is 764. The van der Waals surface area contributed by atoms with Gasteiger partial charge in [-0.1, -0.05) is 0 Å². The van der Waals surface area contributed by atoms with Gasteiger partial charge in [0.25, 0.3) is 11.6 Å². The van der Waals surface area contributed by atoms with E-state index in [1.165, 1.54) is 49.5 Å². The highest BCUT2D eigenvalue weighted by molar-refractivity contribution is 6.16. The number of carbonyl (C=O) groups is 2. The molecule has 0 unspecified atom stereocenters. The van der Waals surface area contributed by atoms with Gasteiger partial charge in [0.15, 0.2) is 0 Å². The minimum absolute atomic E-state index is 0.0541. The summed E-state index contributed by atoms with van der Waals surface area (Å²) >= 11 is 0. The number of nitro benzene ring substituents is 1. The number of amides is 1. The third kappa shape index (κ3) is 3.74. The smallest absolute Gasteiger partial charge is 0.340 e. The van der Waals surface area contributed by atoms with Gasteiger partial charge in [-0.05, 0) is 30.7 Å². The highest BCUT2D eigenvalue weighted by Crippen LogP contribution is 2.31. The molecular formula is C17H18N2O6. The summed E-state index contributed by atoms with van der Waals surface area (Å²) in [5.41, 5.74) is 1.37. The zero-order valence-electron chi connectivity index (χ0n) is 14.1. The summed E-state index contributed by atoms with van der Waals surface area (Å²) in [6.45, 7) is 2.29. The summed E-state index contributed by atoms with van der Waals surface area (Å²) < 4.78 is 9.78. The van der Waals surface area contributed by atoms with E-state index in [4.69, 9.17) is 9.47 Å². The number of benzene rings is 1. The summed E-state index contributed by atoms with van der Waals surface area (Å²) in [5.74, 6) is -0.952. The first-order valence-corrected chi connectivity index (χ1v) is 7.47. The van der Waals surface area contributed by atoms with Crippen LogP contribution in [0.2, 0.25) is 0 Å². The highest BCUT2D eigenvalue weighted by atomic mass is 16.6. The van der Waals surface area contributed by atoms with E-state index in [1.54, 1.807) is 6.92 Å². The fourth-order valence-corrected chi connectivity index (χ4v) is 2.54. The number of nitrogens with zero attached hydrogens (tertiary/aromatic N) is 2. The molecule has 0 saturated carbocycles. The van der Waals surface area contributed by atoms with Crippen LogP contribution in [0, 0.1) is 10.1 Å².